The van der Waals surface area contributed by atoms with Crippen molar-refractivity contribution < 1.29 is 4.52 Å². The van der Waals surface area contributed by atoms with Gasteiger partial charge in [0, 0.05) is 35.6 Å². The lowest BCUT2D eigenvalue weighted by atomic mass is 9.98. The van der Waals surface area contributed by atoms with Gasteiger partial charge in [-0.05, 0) is 30.0 Å². The Morgan fingerprint density at radius 1 is 1.02 bits per heavy atom. The molecule has 40 heavy (non-hydrogen) atoms. The van der Waals surface area contributed by atoms with Gasteiger partial charge in [-0.15, -0.1) is 21.5 Å². The van der Waals surface area contributed by atoms with Crippen LogP contribution in [-0.4, -0.2) is 29.9 Å². The van der Waals surface area contributed by atoms with Crippen molar-refractivity contribution in [3.05, 3.63) is 102 Å². The maximum atomic E-state index is 13.8. The van der Waals surface area contributed by atoms with Gasteiger partial charge in [-0.25, -0.2) is 9.78 Å². The molecule has 0 spiro atoms. The summed E-state index contributed by atoms with van der Waals surface area (Å²) in [6.45, 7) is 8.65. The standard InChI is InChI=1S/C30H32N6O3S/c1-5-6-11-25-31-19(4)24(16-26-33-34-28(40-26)18(2)3)29(37)36(25)17-20-12-14-21(15-13-20)22-9-7-8-10-23(22)27-32-30(38)39-35-27/h7-10,12-15,18H,5-6,11,16-17H2,1-4H3,(H,32,35,38). The molecule has 9 nitrogen and oxygen atoms in total. The van der Waals surface area contributed by atoms with E-state index in [1.807, 2.05) is 60.0 Å². The van der Waals surface area contributed by atoms with Crippen LogP contribution in [0.1, 0.15) is 72.2 Å². The van der Waals surface area contributed by atoms with Crippen molar-refractivity contribution in [1.29, 1.82) is 0 Å². The number of nitrogens with one attached hydrogen (secondary N) is 1. The summed E-state index contributed by atoms with van der Waals surface area (Å²) < 4.78 is 6.52. The van der Waals surface area contributed by atoms with Crippen LogP contribution in [-0.2, 0) is 19.4 Å². The van der Waals surface area contributed by atoms with Crippen molar-refractivity contribution in [3.63, 3.8) is 0 Å². The number of aromatic amines is 1. The molecule has 0 fully saturated rings. The summed E-state index contributed by atoms with van der Waals surface area (Å²) in [5, 5.41) is 14.3. The van der Waals surface area contributed by atoms with Gasteiger partial charge in [0.2, 0.25) is 0 Å². The molecule has 0 bridgehead atoms. The van der Waals surface area contributed by atoms with Crippen LogP contribution in [0.25, 0.3) is 22.5 Å². The summed E-state index contributed by atoms with van der Waals surface area (Å²) in [5.74, 6) is 0.886. The maximum Gasteiger partial charge on any atom is 0.439 e. The monoisotopic (exact) mass is 556 g/mol. The van der Waals surface area contributed by atoms with Gasteiger partial charge in [0.25, 0.3) is 5.56 Å². The van der Waals surface area contributed by atoms with Crippen molar-refractivity contribution >= 4 is 11.3 Å². The molecule has 3 heterocycles. The van der Waals surface area contributed by atoms with E-state index in [-0.39, 0.29) is 5.56 Å². The van der Waals surface area contributed by atoms with Gasteiger partial charge in [-0.3, -0.25) is 18.9 Å². The Kier molecular flexibility index (Phi) is 8.16. The van der Waals surface area contributed by atoms with E-state index in [4.69, 9.17) is 9.51 Å². The highest BCUT2D eigenvalue weighted by molar-refractivity contribution is 7.11. The van der Waals surface area contributed by atoms with Crippen molar-refractivity contribution in [2.45, 2.75) is 65.8 Å². The van der Waals surface area contributed by atoms with Gasteiger partial charge in [-0.1, -0.05) is 80.9 Å². The SMILES string of the molecule is CCCCc1nc(C)c(Cc2nnc(C(C)C)s2)c(=O)n1Cc1ccc(-c2ccccc2-c2noc(=O)[nH]2)cc1. The van der Waals surface area contributed by atoms with Gasteiger partial charge in [0.1, 0.15) is 15.8 Å². The van der Waals surface area contributed by atoms with Crippen LogP contribution in [0.15, 0.2) is 62.6 Å². The summed E-state index contributed by atoms with van der Waals surface area (Å²) in [4.78, 5) is 32.9. The lowest BCUT2D eigenvalue weighted by molar-refractivity contribution is 0.388. The average molecular weight is 557 g/mol. The van der Waals surface area contributed by atoms with Crippen LogP contribution in [0.4, 0.5) is 0 Å². The van der Waals surface area contributed by atoms with Crippen LogP contribution in [0.5, 0.6) is 0 Å². The average Bonchev–Trinajstić information content (AvgIpc) is 3.61. The predicted molar refractivity (Wildman–Crippen MR) is 156 cm³/mol. The topological polar surface area (TPSA) is 120 Å². The number of H-pyrrole nitrogens is 1. The Morgan fingerprint density at radius 3 is 2.42 bits per heavy atom. The second kappa shape index (κ2) is 11.9. The fourth-order valence-corrected chi connectivity index (χ4v) is 5.49. The van der Waals surface area contributed by atoms with Crippen LogP contribution < -0.4 is 11.3 Å². The van der Waals surface area contributed by atoms with E-state index in [9.17, 15) is 9.59 Å². The number of hydrogen-bond donors (Lipinski definition) is 1. The Bertz CT molecular complexity index is 1730. The molecule has 0 aliphatic carbocycles. The zero-order valence-corrected chi connectivity index (χ0v) is 23.9. The molecule has 0 saturated heterocycles. The number of hydrogen-bond acceptors (Lipinski definition) is 8. The molecule has 0 atom stereocenters. The van der Waals surface area contributed by atoms with E-state index in [2.05, 4.69) is 41.1 Å². The summed E-state index contributed by atoms with van der Waals surface area (Å²) in [6, 6.07) is 15.8. The molecular weight excluding hydrogens is 524 g/mol. The minimum atomic E-state index is -0.595. The second-order valence-electron chi connectivity index (χ2n) is 10.1. The molecule has 1 N–H and O–H groups in total. The molecule has 0 radical (unpaired) electrons. The van der Waals surface area contributed by atoms with E-state index in [1.165, 1.54) is 0 Å². The number of nitrogens with zero attached hydrogens (tertiary/aromatic N) is 5. The quantitative estimate of drug-likeness (QED) is 0.241. The summed E-state index contributed by atoms with van der Waals surface area (Å²) in [5.41, 5.74) is 5.03. The zero-order chi connectivity index (χ0) is 28.2. The molecular formula is C30H32N6O3S. The summed E-state index contributed by atoms with van der Waals surface area (Å²) in [6.07, 6.45) is 3.14. The number of aryl methyl sites for hydroxylation is 2. The smallest absolute Gasteiger partial charge is 0.296 e. The fourth-order valence-electron chi connectivity index (χ4n) is 4.63. The predicted octanol–water partition coefficient (Wildman–Crippen LogP) is 5.52. The normalized spacial score (nSPS) is 11.4. The third kappa shape index (κ3) is 5.86. The van der Waals surface area contributed by atoms with E-state index < -0.39 is 5.76 Å². The van der Waals surface area contributed by atoms with E-state index >= 15 is 0 Å². The van der Waals surface area contributed by atoms with Gasteiger partial charge < -0.3 is 0 Å². The number of unbranched alkanes of at least 4 members (excludes halogenated alkanes) is 1. The first kappa shape index (κ1) is 27.4. The van der Waals surface area contributed by atoms with Crippen molar-refractivity contribution in [1.82, 2.24) is 29.9 Å². The minimum absolute atomic E-state index is 0.0238. The third-order valence-electron chi connectivity index (χ3n) is 6.83. The zero-order valence-electron chi connectivity index (χ0n) is 23.1. The molecule has 0 saturated carbocycles. The lowest BCUT2D eigenvalue weighted by Crippen LogP contribution is -2.30. The van der Waals surface area contributed by atoms with Crippen LogP contribution in [0.2, 0.25) is 0 Å². The minimum Gasteiger partial charge on any atom is -0.296 e. The fraction of sp³-hybridized carbons (Fsp3) is 0.333. The van der Waals surface area contributed by atoms with Gasteiger partial charge in [-0.2, -0.15) is 0 Å². The highest BCUT2D eigenvalue weighted by Gasteiger charge is 2.18. The van der Waals surface area contributed by atoms with Crippen LogP contribution in [0, 0.1) is 6.92 Å². The van der Waals surface area contributed by atoms with Crippen LogP contribution >= 0.6 is 11.3 Å². The number of aromatic nitrogens is 6. The van der Waals surface area contributed by atoms with Crippen LogP contribution in [0.3, 0.4) is 0 Å². The first-order valence-corrected chi connectivity index (χ1v) is 14.3. The first-order valence-electron chi connectivity index (χ1n) is 13.5. The van der Waals surface area contributed by atoms with E-state index in [1.54, 1.807) is 11.3 Å². The Labute approximate surface area is 236 Å². The van der Waals surface area contributed by atoms with Gasteiger partial charge >= 0.3 is 5.76 Å². The molecule has 0 aliphatic rings. The van der Waals surface area contributed by atoms with Gasteiger partial charge in [0.05, 0.1) is 6.54 Å². The maximum absolute atomic E-state index is 13.8. The largest absolute Gasteiger partial charge is 0.439 e. The van der Waals surface area contributed by atoms with Crippen molar-refractivity contribution in [3.8, 4) is 22.5 Å². The Hall–Kier alpha value is -4.18. The highest BCUT2D eigenvalue weighted by Crippen LogP contribution is 2.30. The third-order valence-corrected chi connectivity index (χ3v) is 8.06. The lowest BCUT2D eigenvalue weighted by Gasteiger charge is -2.16. The van der Waals surface area contributed by atoms with Crippen molar-refractivity contribution in [2.24, 2.45) is 0 Å². The summed E-state index contributed by atoms with van der Waals surface area (Å²) in [7, 11) is 0. The second-order valence-corrected chi connectivity index (χ2v) is 11.2. The molecule has 2 aromatic carbocycles. The molecule has 3 aromatic heterocycles. The molecule has 206 valence electrons. The van der Waals surface area contributed by atoms with E-state index in [0.717, 1.165) is 63.0 Å². The molecule has 0 aliphatic heterocycles. The summed E-state index contributed by atoms with van der Waals surface area (Å²) >= 11 is 1.55. The molecule has 5 rings (SSSR count). The van der Waals surface area contributed by atoms with Crippen molar-refractivity contribution in [2.75, 3.05) is 0 Å². The molecule has 0 unspecified atom stereocenters. The molecule has 0 amide bonds. The number of rotatable bonds is 10. The molecule has 10 heteroatoms. The van der Waals surface area contributed by atoms with Gasteiger partial charge in [0.15, 0.2) is 5.82 Å². The Morgan fingerprint density at radius 2 is 1.77 bits per heavy atom. The molecule has 5 aromatic rings. The Balaban J connectivity index is 1.47. The number of benzene rings is 2. The first-order chi connectivity index (χ1) is 19.3. The highest BCUT2D eigenvalue weighted by atomic mass is 32.1. The van der Waals surface area contributed by atoms with E-state index in [0.29, 0.717) is 30.3 Å².